The topological polar surface area (TPSA) is 172 Å². The minimum Gasteiger partial charge on any atom is -0.755 e. The lowest BCUT2D eigenvalue weighted by atomic mass is 10.0. The Hall–Kier alpha value is -5.41. The molecule has 0 aliphatic heterocycles. The predicted molar refractivity (Wildman–Crippen MR) is 197 cm³/mol. The molecule has 1 aliphatic rings. The summed E-state index contributed by atoms with van der Waals surface area (Å²) < 4.78 is 59.1. The number of carboxylic acid groups (broad SMARTS) is 1. The van der Waals surface area contributed by atoms with Gasteiger partial charge in [0.05, 0.1) is 28.8 Å². The van der Waals surface area contributed by atoms with Gasteiger partial charge >= 0.3 is 5.97 Å². The Balaban J connectivity index is 1.34. The van der Waals surface area contributed by atoms with Crippen LogP contribution in [0.5, 0.6) is 0 Å². The van der Waals surface area contributed by atoms with E-state index < -0.39 is 58.4 Å². The Morgan fingerprint density at radius 3 is 2.45 bits per heavy atom. The number of rotatable bonds is 13. The summed E-state index contributed by atoms with van der Waals surface area (Å²) in [7, 11) is 0. The molecule has 2 aromatic heterocycles. The Bertz CT molecular complexity index is 2250. The second-order valence-corrected chi connectivity index (χ2v) is 14.1. The number of aliphatic carboxylic acids is 1. The molecule has 1 aliphatic carbocycles. The monoisotopic (exact) mass is 745 g/mol. The third kappa shape index (κ3) is 7.86. The molecule has 6 rings (SSSR count). The number of aromatic amines is 1. The molecule has 3 aromatic carbocycles. The second-order valence-electron chi connectivity index (χ2n) is 13.3. The van der Waals surface area contributed by atoms with Crippen LogP contribution in [0.2, 0.25) is 0 Å². The molecule has 4 N–H and O–H groups in total. The zero-order valence-electron chi connectivity index (χ0n) is 29.4. The molecule has 0 fully saturated rings. The molecule has 15 heteroatoms. The maximum absolute atomic E-state index is 16.4. The fourth-order valence-electron chi connectivity index (χ4n) is 7.04. The second kappa shape index (κ2) is 15.7. The number of aryl methyl sites for hydroxylation is 7. The summed E-state index contributed by atoms with van der Waals surface area (Å²) in [6.45, 7) is 4.19. The lowest BCUT2D eigenvalue weighted by Gasteiger charge is -2.34. The maximum Gasteiger partial charge on any atom is 0.329 e. The van der Waals surface area contributed by atoms with E-state index in [9.17, 15) is 28.3 Å². The van der Waals surface area contributed by atoms with E-state index in [1.807, 2.05) is 37.3 Å². The van der Waals surface area contributed by atoms with Gasteiger partial charge in [-0.05, 0) is 75.6 Å². The van der Waals surface area contributed by atoms with Crippen LogP contribution >= 0.6 is 0 Å². The highest BCUT2D eigenvalue weighted by Gasteiger charge is 2.31. The number of halogens is 2. The zero-order chi connectivity index (χ0) is 38.0. The fourth-order valence-corrected chi connectivity index (χ4v) is 7.85. The van der Waals surface area contributed by atoms with Gasteiger partial charge in [-0.15, -0.1) is 0 Å². The number of hydrogen-bond donors (Lipinski definition) is 4. The standard InChI is InChI=1S/C38H40F2N6O6S/c1-21-15-22(2)33(23(3)16-21)46(53(51)52)31(37(49)50)19-41-36(48)27-20-45(14-13-24-9-5-4-6-10-24)34-25(35(27)47)17-28(39)26(32(34)40)18-42-38-43-29-11-7-8-12-30(29)44-38/h4-6,9-10,15-17,20,31H,7-8,11-14,18-19H2,1-3H3,(H,41,48)(H,49,50)(H,51,52)(H2,42,43,44)/p-1. The van der Waals surface area contributed by atoms with E-state index in [0.29, 0.717) is 27.8 Å². The van der Waals surface area contributed by atoms with Crippen LogP contribution in [0.15, 0.2) is 59.5 Å². The number of nitrogens with one attached hydrogen (secondary N) is 3. The molecule has 2 unspecified atom stereocenters. The number of carbonyl (C=O) groups is 2. The van der Waals surface area contributed by atoms with E-state index in [4.69, 9.17) is 0 Å². The Kier molecular flexibility index (Phi) is 11.0. The predicted octanol–water partition coefficient (Wildman–Crippen LogP) is 5.15. The first kappa shape index (κ1) is 37.4. The third-order valence-corrected chi connectivity index (χ3v) is 10.3. The first-order chi connectivity index (χ1) is 25.3. The Labute approximate surface area is 306 Å². The summed E-state index contributed by atoms with van der Waals surface area (Å²) in [4.78, 5) is 47.6. The van der Waals surface area contributed by atoms with Crippen molar-refractivity contribution in [3.05, 3.63) is 121 Å². The molecule has 2 heterocycles. The van der Waals surface area contributed by atoms with Crippen LogP contribution in [-0.2, 0) is 48.4 Å². The quantitative estimate of drug-likeness (QED) is 0.120. The molecule has 0 radical (unpaired) electrons. The molecule has 12 nitrogen and oxygen atoms in total. The van der Waals surface area contributed by atoms with Crippen molar-refractivity contribution in [2.24, 2.45) is 0 Å². The number of nitrogens with zero attached hydrogens (tertiary/aromatic N) is 3. The summed E-state index contributed by atoms with van der Waals surface area (Å²) in [5.41, 5.74) is 2.76. The molecule has 278 valence electrons. The molecule has 0 saturated heterocycles. The highest BCUT2D eigenvalue weighted by Crippen LogP contribution is 2.30. The number of imidazole rings is 1. The van der Waals surface area contributed by atoms with E-state index in [1.165, 1.54) is 4.57 Å². The van der Waals surface area contributed by atoms with Crippen molar-refractivity contribution in [2.45, 2.75) is 72.0 Å². The molecular weight excluding hydrogens is 707 g/mol. The van der Waals surface area contributed by atoms with Crippen LogP contribution in [0.1, 0.15) is 62.4 Å². The van der Waals surface area contributed by atoms with Gasteiger partial charge in [0.2, 0.25) is 11.4 Å². The molecule has 0 spiro atoms. The van der Waals surface area contributed by atoms with Crippen LogP contribution in [-0.4, -0.2) is 52.9 Å². The number of aromatic nitrogens is 3. The summed E-state index contributed by atoms with van der Waals surface area (Å²) in [6.07, 6.45) is 5.22. The highest BCUT2D eigenvalue weighted by atomic mass is 32.2. The summed E-state index contributed by atoms with van der Waals surface area (Å²) >= 11 is -3.07. The van der Waals surface area contributed by atoms with Gasteiger partial charge in [-0.3, -0.25) is 18.1 Å². The van der Waals surface area contributed by atoms with Gasteiger partial charge in [0.25, 0.3) is 5.91 Å². The number of H-pyrrole nitrogens is 1. The van der Waals surface area contributed by atoms with Crippen molar-refractivity contribution in [1.29, 1.82) is 0 Å². The Morgan fingerprint density at radius 1 is 1.09 bits per heavy atom. The lowest BCUT2D eigenvalue weighted by Crippen LogP contribution is -2.50. The SMILES string of the molecule is Cc1cc(C)c(N(C(CNC(=O)c2cn(CCc3ccccc3)c3c(F)c(CNc4nc5c([nH]4)CCCC5)c(F)cc3c2=O)C(=O)O)S(=O)[O-])c(C)c1. The number of hydrogen-bond acceptors (Lipinski definition) is 7. The molecule has 2 atom stereocenters. The molecular formula is C38H39F2N6O6S-. The van der Waals surface area contributed by atoms with Crippen LogP contribution < -0.4 is 20.4 Å². The summed E-state index contributed by atoms with van der Waals surface area (Å²) in [5, 5.41) is 15.1. The first-order valence-electron chi connectivity index (χ1n) is 17.2. The van der Waals surface area contributed by atoms with Gasteiger partial charge in [-0.1, -0.05) is 48.0 Å². The normalized spacial score (nSPS) is 13.7. The fraction of sp³-hybridized carbons (Fsp3) is 0.316. The van der Waals surface area contributed by atoms with Crippen molar-refractivity contribution >= 4 is 45.7 Å². The number of benzene rings is 3. The number of amides is 1. The summed E-state index contributed by atoms with van der Waals surface area (Å²) in [6, 6.07) is 11.7. The number of carboxylic acids is 1. The lowest BCUT2D eigenvalue weighted by molar-refractivity contribution is -0.138. The van der Waals surface area contributed by atoms with Crippen molar-refractivity contribution in [2.75, 3.05) is 16.2 Å². The zero-order valence-corrected chi connectivity index (χ0v) is 30.2. The van der Waals surface area contributed by atoms with Crippen LogP contribution in [0, 0.1) is 32.4 Å². The van der Waals surface area contributed by atoms with Crippen LogP contribution in [0.3, 0.4) is 0 Å². The average molecular weight is 746 g/mol. The minimum atomic E-state index is -3.07. The van der Waals surface area contributed by atoms with E-state index in [2.05, 4.69) is 20.6 Å². The van der Waals surface area contributed by atoms with Gasteiger partial charge < -0.3 is 29.8 Å². The van der Waals surface area contributed by atoms with Crippen LogP contribution in [0.4, 0.5) is 20.4 Å². The van der Waals surface area contributed by atoms with Gasteiger partial charge in [0.15, 0.2) is 11.9 Å². The van der Waals surface area contributed by atoms with E-state index in [0.717, 1.165) is 60.5 Å². The first-order valence-corrected chi connectivity index (χ1v) is 18.2. The smallest absolute Gasteiger partial charge is 0.329 e. The molecule has 0 saturated carbocycles. The number of pyridine rings is 1. The van der Waals surface area contributed by atoms with Gasteiger partial charge in [-0.2, -0.15) is 0 Å². The largest absolute Gasteiger partial charge is 0.755 e. The van der Waals surface area contributed by atoms with Gasteiger partial charge in [0.1, 0.15) is 11.4 Å². The van der Waals surface area contributed by atoms with Gasteiger partial charge in [0, 0.05) is 41.8 Å². The maximum atomic E-state index is 16.4. The average Bonchev–Trinajstić information content (AvgIpc) is 3.53. The van der Waals surface area contributed by atoms with E-state index >= 15 is 8.78 Å². The summed E-state index contributed by atoms with van der Waals surface area (Å²) in [5.74, 6) is -4.20. The molecule has 53 heavy (non-hydrogen) atoms. The number of carbonyl (C=O) groups excluding carboxylic acids is 1. The highest BCUT2D eigenvalue weighted by molar-refractivity contribution is 7.80. The van der Waals surface area contributed by atoms with E-state index in [-0.39, 0.29) is 35.2 Å². The minimum absolute atomic E-state index is 0.0913. The number of anilines is 2. The molecule has 0 bridgehead atoms. The van der Waals surface area contributed by atoms with Crippen molar-refractivity contribution < 1.29 is 32.2 Å². The Morgan fingerprint density at radius 2 is 1.79 bits per heavy atom. The number of fused-ring (bicyclic) bond motifs is 2. The van der Waals surface area contributed by atoms with Crippen molar-refractivity contribution in [3.63, 3.8) is 0 Å². The van der Waals surface area contributed by atoms with Crippen molar-refractivity contribution in [1.82, 2.24) is 19.9 Å². The molecule has 1 amide bonds. The third-order valence-electron chi connectivity index (χ3n) is 9.51. The van der Waals surface area contributed by atoms with Gasteiger partial charge in [-0.25, -0.2) is 18.6 Å². The molecule has 5 aromatic rings. The van der Waals surface area contributed by atoms with E-state index in [1.54, 1.807) is 26.0 Å². The van der Waals surface area contributed by atoms with Crippen molar-refractivity contribution in [3.8, 4) is 0 Å². The van der Waals surface area contributed by atoms with Crippen LogP contribution in [0.25, 0.3) is 10.9 Å².